The molecule has 0 saturated carbocycles. The van der Waals surface area contributed by atoms with E-state index in [1.807, 2.05) is 36.4 Å². The number of carboxylic acid groups (broad SMARTS) is 1. The van der Waals surface area contributed by atoms with E-state index in [9.17, 15) is 19.5 Å². The summed E-state index contributed by atoms with van der Waals surface area (Å²) in [6.07, 6.45) is -0.375. The first-order chi connectivity index (χ1) is 17.0. The number of pyridine rings is 1. The first kappa shape index (κ1) is 22.5. The van der Waals surface area contributed by atoms with Gasteiger partial charge in [-0.2, -0.15) is 0 Å². The quantitative estimate of drug-likeness (QED) is 0.583. The van der Waals surface area contributed by atoms with E-state index in [2.05, 4.69) is 22.4 Å². The monoisotopic (exact) mass is 473 g/mol. The van der Waals surface area contributed by atoms with Crippen molar-refractivity contribution in [3.8, 4) is 11.1 Å². The average molecular weight is 473 g/mol. The predicted octanol–water partition coefficient (Wildman–Crippen LogP) is 3.37. The number of rotatable bonds is 5. The molecule has 3 aromatic rings. The molecule has 1 aliphatic heterocycles. The normalized spacial score (nSPS) is 16.8. The molecule has 1 unspecified atom stereocenters. The predicted molar refractivity (Wildman–Crippen MR) is 126 cm³/mol. The molecule has 2 heterocycles. The lowest BCUT2D eigenvalue weighted by atomic mass is 9.98. The highest BCUT2D eigenvalue weighted by atomic mass is 16.5. The second kappa shape index (κ2) is 9.55. The van der Waals surface area contributed by atoms with Crippen LogP contribution in [0.15, 0.2) is 66.9 Å². The number of ether oxygens (including phenoxy) is 2. The number of hydrogen-bond donors (Lipinski definition) is 2. The summed E-state index contributed by atoms with van der Waals surface area (Å²) in [5.41, 5.74) is 4.64. The second-order valence-corrected chi connectivity index (χ2v) is 8.30. The summed E-state index contributed by atoms with van der Waals surface area (Å²) < 4.78 is 10.7. The number of amides is 2. The molecule has 0 spiro atoms. The highest BCUT2D eigenvalue weighted by Gasteiger charge is 2.32. The maximum Gasteiger partial charge on any atom is 0.411 e. The van der Waals surface area contributed by atoms with E-state index in [1.165, 1.54) is 11.1 Å². The van der Waals surface area contributed by atoms with Gasteiger partial charge in [0.15, 0.2) is 11.8 Å². The zero-order valence-corrected chi connectivity index (χ0v) is 18.7. The van der Waals surface area contributed by atoms with Gasteiger partial charge in [0.05, 0.1) is 18.8 Å². The minimum absolute atomic E-state index is 0.00652. The number of carboxylic acids is 1. The number of benzene rings is 2. The van der Waals surface area contributed by atoms with Crippen molar-refractivity contribution in [2.24, 2.45) is 0 Å². The van der Waals surface area contributed by atoms with Crippen LogP contribution >= 0.6 is 0 Å². The summed E-state index contributed by atoms with van der Waals surface area (Å²) >= 11 is 0. The fourth-order valence-corrected chi connectivity index (χ4v) is 4.55. The summed E-state index contributed by atoms with van der Waals surface area (Å²) in [6.45, 7) is 0.358. The summed E-state index contributed by atoms with van der Waals surface area (Å²) in [5, 5.41) is 11.8. The molecule has 2 amide bonds. The van der Waals surface area contributed by atoms with Gasteiger partial charge in [0.2, 0.25) is 0 Å². The van der Waals surface area contributed by atoms with E-state index in [1.54, 1.807) is 12.1 Å². The van der Waals surface area contributed by atoms with Crippen LogP contribution in [0.1, 0.15) is 27.5 Å². The Labute approximate surface area is 201 Å². The van der Waals surface area contributed by atoms with Crippen LogP contribution in [0.5, 0.6) is 0 Å². The summed E-state index contributed by atoms with van der Waals surface area (Å²) in [6, 6.07) is 19.2. The molecule has 35 heavy (non-hydrogen) atoms. The van der Waals surface area contributed by atoms with Crippen LogP contribution in [0.25, 0.3) is 11.1 Å². The van der Waals surface area contributed by atoms with Gasteiger partial charge in [-0.25, -0.2) is 14.6 Å². The molecule has 178 valence electrons. The zero-order chi connectivity index (χ0) is 24.4. The molecular formula is C26H23N3O6. The molecule has 1 saturated heterocycles. The molecule has 2 aromatic carbocycles. The molecule has 1 fully saturated rings. The number of aliphatic carboxylic acids is 1. The van der Waals surface area contributed by atoms with Crippen LogP contribution in [-0.4, -0.2) is 65.4 Å². The Morgan fingerprint density at radius 1 is 1.03 bits per heavy atom. The number of carbonyl (C=O) groups excluding carboxylic acids is 2. The van der Waals surface area contributed by atoms with Crippen LogP contribution in [0.2, 0.25) is 0 Å². The Hall–Kier alpha value is -4.24. The van der Waals surface area contributed by atoms with Crippen LogP contribution < -0.4 is 5.32 Å². The molecule has 2 N–H and O–H groups in total. The molecular weight excluding hydrogens is 450 g/mol. The van der Waals surface area contributed by atoms with Crippen molar-refractivity contribution in [3.63, 3.8) is 0 Å². The van der Waals surface area contributed by atoms with E-state index < -0.39 is 24.1 Å². The number of aromatic nitrogens is 1. The standard InChI is InChI=1S/C26H23N3O6/c30-24(29-12-13-34-22(14-29)25(31)32)23-21(10-5-11-27-23)28-26(33)35-15-20-18-8-3-1-6-16(18)17-7-2-4-9-19(17)20/h1-11,20,22H,12-15H2,(H,28,33)(H,31,32). The molecule has 1 aromatic heterocycles. The second-order valence-electron chi connectivity index (χ2n) is 8.30. The molecule has 9 nitrogen and oxygen atoms in total. The number of hydrogen-bond acceptors (Lipinski definition) is 6. The van der Waals surface area contributed by atoms with Crippen molar-refractivity contribution in [1.82, 2.24) is 9.88 Å². The molecule has 2 aliphatic rings. The zero-order valence-electron chi connectivity index (χ0n) is 18.7. The van der Waals surface area contributed by atoms with E-state index in [0.29, 0.717) is 0 Å². The van der Waals surface area contributed by atoms with Crippen LogP contribution in [0.3, 0.4) is 0 Å². The Morgan fingerprint density at radius 2 is 1.71 bits per heavy atom. The Morgan fingerprint density at radius 3 is 2.40 bits per heavy atom. The minimum atomic E-state index is -1.14. The third kappa shape index (κ3) is 4.45. The summed E-state index contributed by atoms with van der Waals surface area (Å²) in [5.74, 6) is -1.72. The van der Waals surface area contributed by atoms with Crippen molar-refractivity contribution < 1.29 is 29.0 Å². The number of nitrogens with one attached hydrogen (secondary N) is 1. The lowest BCUT2D eigenvalue weighted by Crippen LogP contribution is -2.48. The first-order valence-electron chi connectivity index (χ1n) is 11.2. The average Bonchev–Trinajstić information content (AvgIpc) is 3.21. The van der Waals surface area contributed by atoms with Crippen molar-refractivity contribution in [2.45, 2.75) is 12.0 Å². The summed E-state index contributed by atoms with van der Waals surface area (Å²) in [7, 11) is 0. The fraction of sp³-hybridized carbons (Fsp3) is 0.231. The molecule has 1 atom stereocenters. The third-order valence-electron chi connectivity index (χ3n) is 6.22. The van der Waals surface area contributed by atoms with Crippen molar-refractivity contribution in [2.75, 3.05) is 31.6 Å². The number of fused-ring (bicyclic) bond motifs is 3. The van der Waals surface area contributed by atoms with Crippen LogP contribution in [0.4, 0.5) is 10.5 Å². The molecule has 5 rings (SSSR count). The first-order valence-corrected chi connectivity index (χ1v) is 11.2. The van der Waals surface area contributed by atoms with E-state index in [0.717, 1.165) is 22.3 Å². The smallest absolute Gasteiger partial charge is 0.411 e. The van der Waals surface area contributed by atoms with Gasteiger partial charge < -0.3 is 19.5 Å². The van der Waals surface area contributed by atoms with Gasteiger partial charge in [-0.05, 0) is 34.4 Å². The molecule has 9 heteroatoms. The van der Waals surface area contributed by atoms with Gasteiger partial charge in [-0.15, -0.1) is 0 Å². The summed E-state index contributed by atoms with van der Waals surface area (Å²) in [4.78, 5) is 42.5. The van der Waals surface area contributed by atoms with Gasteiger partial charge in [0.1, 0.15) is 6.61 Å². The Bertz CT molecular complexity index is 1250. The largest absolute Gasteiger partial charge is 0.479 e. The van der Waals surface area contributed by atoms with E-state index in [-0.39, 0.29) is 43.6 Å². The molecule has 0 bridgehead atoms. The number of nitrogens with zero attached hydrogens (tertiary/aromatic N) is 2. The van der Waals surface area contributed by atoms with Crippen LogP contribution in [0, 0.1) is 0 Å². The molecule has 1 aliphatic carbocycles. The fourth-order valence-electron chi connectivity index (χ4n) is 4.55. The van der Waals surface area contributed by atoms with Gasteiger partial charge >= 0.3 is 12.1 Å². The van der Waals surface area contributed by atoms with Gasteiger partial charge in [-0.3, -0.25) is 10.1 Å². The van der Waals surface area contributed by atoms with Gasteiger partial charge in [0.25, 0.3) is 5.91 Å². The van der Waals surface area contributed by atoms with E-state index >= 15 is 0 Å². The maximum atomic E-state index is 13.0. The Kier molecular flexibility index (Phi) is 6.15. The highest BCUT2D eigenvalue weighted by Crippen LogP contribution is 2.44. The van der Waals surface area contributed by atoms with Gasteiger partial charge in [-0.1, -0.05) is 48.5 Å². The molecule has 0 radical (unpaired) electrons. The highest BCUT2D eigenvalue weighted by molar-refractivity contribution is 6.01. The van der Waals surface area contributed by atoms with Crippen LogP contribution in [-0.2, 0) is 14.3 Å². The number of morpholine rings is 1. The maximum absolute atomic E-state index is 13.0. The van der Waals surface area contributed by atoms with Crippen molar-refractivity contribution in [1.29, 1.82) is 0 Å². The SMILES string of the molecule is O=C(Nc1cccnc1C(=O)N1CCOC(C(=O)O)C1)OCC1c2ccccc2-c2ccccc21. The number of carbonyl (C=O) groups is 3. The van der Waals surface area contributed by atoms with Gasteiger partial charge in [0, 0.05) is 18.7 Å². The van der Waals surface area contributed by atoms with Crippen molar-refractivity contribution in [3.05, 3.63) is 83.7 Å². The lowest BCUT2D eigenvalue weighted by molar-refractivity contribution is -0.154. The topological polar surface area (TPSA) is 118 Å². The third-order valence-corrected chi connectivity index (χ3v) is 6.22. The Balaban J connectivity index is 1.28. The lowest BCUT2D eigenvalue weighted by Gasteiger charge is -2.30. The van der Waals surface area contributed by atoms with E-state index in [4.69, 9.17) is 9.47 Å². The van der Waals surface area contributed by atoms with Crippen molar-refractivity contribution >= 4 is 23.7 Å². The minimum Gasteiger partial charge on any atom is -0.479 e. The number of anilines is 1.